The van der Waals surface area contributed by atoms with Crippen molar-refractivity contribution in [3.63, 3.8) is 0 Å². The maximum atomic E-state index is 5.87. The fourth-order valence-corrected chi connectivity index (χ4v) is 1.63. The van der Waals surface area contributed by atoms with Crippen LogP contribution in [0.25, 0.3) is 0 Å². The minimum Gasteiger partial charge on any atom is -0.487 e. The van der Waals surface area contributed by atoms with Crippen LogP contribution in [0.2, 0.25) is 5.02 Å². The smallest absolute Gasteiger partial charge is 0.130 e. The molecule has 0 saturated heterocycles. The van der Waals surface area contributed by atoms with E-state index in [9.17, 15) is 0 Å². The van der Waals surface area contributed by atoms with E-state index < -0.39 is 0 Å². The number of hydrogen-bond donors (Lipinski definition) is 1. The lowest BCUT2D eigenvalue weighted by Gasteiger charge is -2.09. The molecule has 0 spiro atoms. The predicted octanol–water partition coefficient (Wildman–Crippen LogP) is 3.20. The van der Waals surface area contributed by atoms with Gasteiger partial charge < -0.3 is 10.5 Å². The number of rotatable bonds is 3. The van der Waals surface area contributed by atoms with Gasteiger partial charge >= 0.3 is 0 Å². The lowest BCUT2D eigenvalue weighted by atomic mass is 10.2. The molecule has 1 heterocycles. The zero-order valence-electron chi connectivity index (χ0n) is 9.48. The predicted molar refractivity (Wildman–Crippen MR) is 69.2 cm³/mol. The Morgan fingerprint density at radius 3 is 2.88 bits per heavy atom. The zero-order chi connectivity index (χ0) is 12.3. The van der Waals surface area contributed by atoms with Gasteiger partial charge in [0.15, 0.2) is 0 Å². The van der Waals surface area contributed by atoms with Gasteiger partial charge in [0.1, 0.15) is 12.4 Å². The number of nitrogens with two attached hydrogens (primary N) is 1. The lowest BCUT2D eigenvalue weighted by Crippen LogP contribution is -1.99. The maximum absolute atomic E-state index is 5.87. The summed E-state index contributed by atoms with van der Waals surface area (Å²) in [6.07, 6.45) is 1.66. The molecule has 0 aliphatic heterocycles. The number of halogens is 1. The monoisotopic (exact) mass is 248 g/mol. The van der Waals surface area contributed by atoms with Crippen molar-refractivity contribution in [1.29, 1.82) is 0 Å². The Balaban J connectivity index is 2.09. The van der Waals surface area contributed by atoms with E-state index in [0.29, 0.717) is 17.3 Å². The summed E-state index contributed by atoms with van der Waals surface area (Å²) in [6.45, 7) is 2.35. The van der Waals surface area contributed by atoms with E-state index in [2.05, 4.69) is 4.98 Å². The van der Waals surface area contributed by atoms with Gasteiger partial charge in [-0.3, -0.25) is 4.98 Å². The summed E-state index contributed by atoms with van der Waals surface area (Å²) in [5, 5.41) is 0.655. The van der Waals surface area contributed by atoms with Crippen molar-refractivity contribution >= 4 is 17.3 Å². The second-order valence-corrected chi connectivity index (χ2v) is 4.22. The zero-order valence-corrected chi connectivity index (χ0v) is 10.2. The molecular formula is C13H13ClN2O. The highest BCUT2D eigenvalue weighted by Crippen LogP contribution is 2.21. The second-order valence-electron chi connectivity index (χ2n) is 3.78. The van der Waals surface area contributed by atoms with E-state index in [1.807, 2.05) is 19.1 Å². The quantitative estimate of drug-likeness (QED) is 0.849. The van der Waals surface area contributed by atoms with Gasteiger partial charge in [0, 0.05) is 23.0 Å². The third-order valence-electron chi connectivity index (χ3n) is 2.37. The van der Waals surface area contributed by atoms with Gasteiger partial charge in [-0.05, 0) is 30.7 Å². The van der Waals surface area contributed by atoms with Crippen LogP contribution in [0.4, 0.5) is 5.69 Å². The molecule has 3 nitrogen and oxygen atoms in total. The molecule has 0 atom stereocenters. The van der Waals surface area contributed by atoms with Crippen LogP contribution < -0.4 is 10.5 Å². The SMILES string of the molecule is Cc1ccc(N)cc1OCc1cc(Cl)ccn1. The van der Waals surface area contributed by atoms with Crippen LogP contribution in [0.1, 0.15) is 11.3 Å². The van der Waals surface area contributed by atoms with Gasteiger partial charge in [-0.2, -0.15) is 0 Å². The summed E-state index contributed by atoms with van der Waals surface area (Å²) in [6, 6.07) is 9.09. The molecule has 0 unspecified atom stereocenters. The van der Waals surface area contributed by atoms with Crippen LogP contribution in [-0.2, 0) is 6.61 Å². The number of aromatic nitrogens is 1. The highest BCUT2D eigenvalue weighted by molar-refractivity contribution is 6.30. The van der Waals surface area contributed by atoms with Crippen molar-refractivity contribution in [2.24, 2.45) is 0 Å². The Labute approximate surface area is 105 Å². The Kier molecular flexibility index (Phi) is 3.49. The van der Waals surface area contributed by atoms with Gasteiger partial charge in [-0.1, -0.05) is 17.7 Å². The van der Waals surface area contributed by atoms with Crippen molar-refractivity contribution in [3.8, 4) is 5.75 Å². The molecule has 17 heavy (non-hydrogen) atoms. The molecule has 0 saturated carbocycles. The highest BCUT2D eigenvalue weighted by atomic mass is 35.5. The summed E-state index contributed by atoms with van der Waals surface area (Å²) in [5.41, 5.74) is 8.22. The fraction of sp³-hybridized carbons (Fsp3) is 0.154. The number of nitrogen functional groups attached to an aromatic ring is 1. The van der Waals surface area contributed by atoms with Crippen molar-refractivity contribution in [1.82, 2.24) is 4.98 Å². The third kappa shape index (κ3) is 3.11. The molecule has 0 aliphatic rings. The first-order valence-electron chi connectivity index (χ1n) is 5.24. The minimum absolute atomic E-state index is 0.380. The number of aryl methyl sites for hydroxylation is 1. The van der Waals surface area contributed by atoms with Crippen LogP contribution in [0, 0.1) is 6.92 Å². The summed E-state index contributed by atoms with van der Waals surface area (Å²) in [4.78, 5) is 4.17. The number of pyridine rings is 1. The van der Waals surface area contributed by atoms with Gasteiger partial charge in [-0.15, -0.1) is 0 Å². The van der Waals surface area contributed by atoms with Crippen LogP contribution >= 0.6 is 11.6 Å². The van der Waals surface area contributed by atoms with Gasteiger partial charge in [0.25, 0.3) is 0 Å². The Morgan fingerprint density at radius 2 is 2.12 bits per heavy atom. The minimum atomic E-state index is 0.380. The molecule has 88 valence electrons. The number of ether oxygens (including phenoxy) is 1. The maximum Gasteiger partial charge on any atom is 0.130 e. The summed E-state index contributed by atoms with van der Waals surface area (Å²) in [5.74, 6) is 0.770. The Bertz CT molecular complexity index is 529. The topological polar surface area (TPSA) is 48.1 Å². The molecule has 0 bridgehead atoms. The van der Waals surface area contributed by atoms with E-state index in [4.69, 9.17) is 22.1 Å². The first-order chi connectivity index (χ1) is 8.15. The largest absolute Gasteiger partial charge is 0.487 e. The Hall–Kier alpha value is -1.74. The van der Waals surface area contributed by atoms with Crippen LogP contribution in [0.3, 0.4) is 0 Å². The van der Waals surface area contributed by atoms with E-state index >= 15 is 0 Å². The second kappa shape index (κ2) is 5.06. The molecular weight excluding hydrogens is 236 g/mol. The van der Waals surface area contributed by atoms with E-state index in [1.54, 1.807) is 24.4 Å². The van der Waals surface area contributed by atoms with Crippen molar-refractivity contribution in [3.05, 3.63) is 52.8 Å². The van der Waals surface area contributed by atoms with Gasteiger partial charge in [0.05, 0.1) is 5.69 Å². The van der Waals surface area contributed by atoms with Crippen LogP contribution in [0.5, 0.6) is 5.75 Å². The van der Waals surface area contributed by atoms with Crippen LogP contribution in [-0.4, -0.2) is 4.98 Å². The normalized spacial score (nSPS) is 10.2. The van der Waals surface area contributed by atoms with Crippen molar-refractivity contribution < 1.29 is 4.74 Å². The molecule has 2 rings (SSSR count). The average Bonchev–Trinajstić information content (AvgIpc) is 2.30. The Morgan fingerprint density at radius 1 is 1.29 bits per heavy atom. The van der Waals surface area contributed by atoms with Crippen molar-refractivity contribution in [2.75, 3.05) is 5.73 Å². The molecule has 0 fully saturated rings. The van der Waals surface area contributed by atoms with E-state index in [0.717, 1.165) is 17.0 Å². The molecule has 1 aromatic carbocycles. The number of hydrogen-bond acceptors (Lipinski definition) is 3. The number of nitrogens with zero attached hydrogens (tertiary/aromatic N) is 1. The summed E-state index contributed by atoms with van der Waals surface area (Å²) in [7, 11) is 0. The fourth-order valence-electron chi connectivity index (χ4n) is 1.45. The molecule has 2 aromatic rings. The van der Waals surface area contributed by atoms with Gasteiger partial charge in [-0.25, -0.2) is 0 Å². The number of anilines is 1. The third-order valence-corrected chi connectivity index (χ3v) is 2.60. The summed E-state index contributed by atoms with van der Waals surface area (Å²) < 4.78 is 5.66. The average molecular weight is 249 g/mol. The molecule has 1 aromatic heterocycles. The molecule has 2 N–H and O–H groups in total. The number of benzene rings is 1. The molecule has 0 amide bonds. The van der Waals surface area contributed by atoms with E-state index in [1.165, 1.54) is 0 Å². The van der Waals surface area contributed by atoms with Crippen molar-refractivity contribution in [2.45, 2.75) is 13.5 Å². The van der Waals surface area contributed by atoms with Crippen LogP contribution in [0.15, 0.2) is 36.5 Å². The van der Waals surface area contributed by atoms with Gasteiger partial charge in [0.2, 0.25) is 0 Å². The molecule has 0 radical (unpaired) electrons. The lowest BCUT2D eigenvalue weighted by molar-refractivity contribution is 0.299. The molecule has 4 heteroatoms. The first kappa shape index (κ1) is 11.7. The summed E-state index contributed by atoms with van der Waals surface area (Å²) >= 11 is 5.87. The first-order valence-corrected chi connectivity index (χ1v) is 5.62. The molecule has 0 aliphatic carbocycles. The highest BCUT2D eigenvalue weighted by Gasteiger charge is 2.02. The standard InChI is InChI=1S/C13H13ClN2O/c1-9-2-3-11(15)7-13(9)17-8-12-6-10(14)4-5-16-12/h2-7H,8,15H2,1H3. The van der Waals surface area contributed by atoms with E-state index in [-0.39, 0.29) is 0 Å².